The zero-order valence-electron chi connectivity index (χ0n) is 12.1. The van der Waals surface area contributed by atoms with E-state index in [0.29, 0.717) is 0 Å². The lowest BCUT2D eigenvalue weighted by molar-refractivity contribution is -0.393. The molecule has 0 aromatic carbocycles. The van der Waals surface area contributed by atoms with Gasteiger partial charge in [-0.3, -0.25) is 18.2 Å². The molecular weight excluding hydrogens is 320 g/mol. The van der Waals surface area contributed by atoms with Gasteiger partial charge in [-0.05, 0) is 41.5 Å². The molecule has 0 amide bonds. The van der Waals surface area contributed by atoms with Crippen molar-refractivity contribution in [3.8, 4) is 0 Å². The Morgan fingerprint density at radius 3 is 0.750 bits per heavy atom. The molecule has 0 aliphatic carbocycles. The van der Waals surface area contributed by atoms with E-state index < -0.39 is 20.8 Å². The fourth-order valence-corrected chi connectivity index (χ4v) is 0.250. The van der Waals surface area contributed by atoms with Crippen molar-refractivity contribution >= 4 is 20.8 Å². The Hall–Kier alpha value is -0.340. The highest BCUT2D eigenvalue weighted by atomic mass is 32.3. The van der Waals surface area contributed by atoms with Gasteiger partial charge in [0.25, 0.3) is 0 Å². The smallest absolute Gasteiger partial charge is 0.264 e. The minimum atomic E-state index is -4.67. The molecular formula is C8H22O10S2. The van der Waals surface area contributed by atoms with Crippen LogP contribution in [0.3, 0.4) is 0 Å². The zero-order chi connectivity index (χ0) is 17.4. The summed E-state index contributed by atoms with van der Waals surface area (Å²) in [5, 5.41) is 0. The Labute approximate surface area is 119 Å². The van der Waals surface area contributed by atoms with Crippen molar-refractivity contribution in [1.82, 2.24) is 0 Å². The largest absolute Gasteiger partial charge is 0.394 e. The standard InChI is InChI=1S/C8H18O2.2H2O4S/c1-7(2,3)9-10-8(4,5)6;2*1-5(2,3)4/h1-6H3;2*(H2,1,2,3,4). The summed E-state index contributed by atoms with van der Waals surface area (Å²) in [5.74, 6) is 0. The zero-order valence-corrected chi connectivity index (χ0v) is 13.7. The monoisotopic (exact) mass is 342 g/mol. The molecule has 0 fully saturated rings. The molecule has 0 saturated carbocycles. The van der Waals surface area contributed by atoms with Gasteiger partial charge in [-0.15, -0.1) is 0 Å². The molecule has 0 unspecified atom stereocenters. The van der Waals surface area contributed by atoms with E-state index in [1.807, 2.05) is 41.5 Å². The van der Waals surface area contributed by atoms with Gasteiger partial charge >= 0.3 is 20.8 Å². The maximum atomic E-state index is 8.74. The van der Waals surface area contributed by atoms with E-state index in [1.54, 1.807) is 0 Å². The third kappa shape index (κ3) is 111. The molecule has 10 nitrogen and oxygen atoms in total. The van der Waals surface area contributed by atoms with Gasteiger partial charge in [0.05, 0.1) is 11.2 Å². The van der Waals surface area contributed by atoms with Crippen LogP contribution in [-0.4, -0.2) is 46.2 Å². The average Bonchev–Trinajstić information content (AvgIpc) is 1.90. The highest BCUT2D eigenvalue weighted by molar-refractivity contribution is 7.80. The molecule has 0 spiro atoms. The molecule has 0 aromatic rings. The highest BCUT2D eigenvalue weighted by Crippen LogP contribution is 2.14. The molecule has 0 bridgehead atoms. The maximum absolute atomic E-state index is 8.74. The molecule has 0 aliphatic rings. The lowest BCUT2D eigenvalue weighted by Crippen LogP contribution is -2.27. The van der Waals surface area contributed by atoms with Crippen LogP contribution in [0.5, 0.6) is 0 Å². The summed E-state index contributed by atoms with van der Waals surface area (Å²) in [6, 6.07) is 0. The first-order valence-electron chi connectivity index (χ1n) is 4.97. The van der Waals surface area contributed by atoms with E-state index in [-0.39, 0.29) is 11.2 Å². The molecule has 0 saturated heterocycles. The lowest BCUT2D eigenvalue weighted by Gasteiger charge is -2.24. The van der Waals surface area contributed by atoms with Crippen molar-refractivity contribution in [2.24, 2.45) is 0 Å². The Bertz CT molecular complexity index is 377. The minimum absolute atomic E-state index is 0.215. The molecule has 0 radical (unpaired) electrons. The van der Waals surface area contributed by atoms with Gasteiger partial charge in [-0.25, -0.2) is 9.78 Å². The second kappa shape index (κ2) is 8.84. The van der Waals surface area contributed by atoms with E-state index in [0.717, 1.165) is 0 Å². The van der Waals surface area contributed by atoms with Gasteiger partial charge < -0.3 is 0 Å². The second-order valence-corrected chi connectivity index (χ2v) is 7.08. The van der Waals surface area contributed by atoms with Crippen molar-refractivity contribution < 1.29 is 44.8 Å². The first-order valence-corrected chi connectivity index (χ1v) is 7.77. The van der Waals surface area contributed by atoms with Crippen LogP contribution in [0.25, 0.3) is 0 Å². The van der Waals surface area contributed by atoms with Gasteiger partial charge in [0.15, 0.2) is 0 Å². The summed E-state index contributed by atoms with van der Waals surface area (Å²) in [5.41, 5.74) is -0.430. The van der Waals surface area contributed by atoms with E-state index >= 15 is 0 Å². The lowest BCUT2D eigenvalue weighted by atomic mass is 10.2. The quantitative estimate of drug-likeness (QED) is 0.309. The van der Waals surface area contributed by atoms with Crippen molar-refractivity contribution in [1.29, 1.82) is 0 Å². The average molecular weight is 342 g/mol. The van der Waals surface area contributed by atoms with Crippen LogP contribution in [0.15, 0.2) is 0 Å². The van der Waals surface area contributed by atoms with Crippen molar-refractivity contribution in [3.63, 3.8) is 0 Å². The summed E-state index contributed by atoms with van der Waals surface area (Å²) in [7, 11) is -9.33. The number of rotatable bonds is 1. The van der Waals surface area contributed by atoms with Crippen LogP contribution < -0.4 is 0 Å². The van der Waals surface area contributed by atoms with Crippen LogP contribution in [0.4, 0.5) is 0 Å². The van der Waals surface area contributed by atoms with Crippen LogP contribution in [0, 0.1) is 0 Å². The first kappa shape index (κ1) is 24.7. The summed E-state index contributed by atoms with van der Waals surface area (Å²) >= 11 is 0. The Morgan fingerprint density at radius 1 is 0.600 bits per heavy atom. The van der Waals surface area contributed by atoms with Crippen molar-refractivity contribution in [2.75, 3.05) is 0 Å². The van der Waals surface area contributed by atoms with Crippen LogP contribution >= 0.6 is 0 Å². The SMILES string of the molecule is CC(C)(C)OOC(C)(C)C.O=S(=O)(O)O.O=S(=O)(O)O. The Kier molecular flexibility index (Phi) is 10.9. The van der Waals surface area contributed by atoms with Crippen molar-refractivity contribution in [3.05, 3.63) is 0 Å². The summed E-state index contributed by atoms with van der Waals surface area (Å²) in [4.78, 5) is 10.2. The number of hydrogen-bond acceptors (Lipinski definition) is 6. The molecule has 12 heteroatoms. The van der Waals surface area contributed by atoms with Crippen LogP contribution in [0.1, 0.15) is 41.5 Å². The molecule has 0 aliphatic heterocycles. The van der Waals surface area contributed by atoms with Gasteiger partial charge in [0, 0.05) is 0 Å². The van der Waals surface area contributed by atoms with Crippen LogP contribution in [0.2, 0.25) is 0 Å². The predicted octanol–water partition coefficient (Wildman–Crippen LogP) is 1.23. The van der Waals surface area contributed by atoms with Gasteiger partial charge in [0.2, 0.25) is 0 Å². The molecule has 0 atom stereocenters. The van der Waals surface area contributed by atoms with E-state index in [4.69, 9.17) is 44.8 Å². The highest BCUT2D eigenvalue weighted by Gasteiger charge is 2.18. The first-order chi connectivity index (χ1) is 8.21. The normalized spacial score (nSPS) is 12.7. The fourth-order valence-electron chi connectivity index (χ4n) is 0.250. The second-order valence-electron chi connectivity index (χ2n) is 5.29. The molecule has 0 heterocycles. The maximum Gasteiger partial charge on any atom is 0.394 e. The predicted molar refractivity (Wildman–Crippen MR) is 70.0 cm³/mol. The third-order valence-corrected chi connectivity index (χ3v) is 0.542. The van der Waals surface area contributed by atoms with Crippen LogP contribution in [-0.2, 0) is 30.6 Å². The topological polar surface area (TPSA) is 168 Å². The van der Waals surface area contributed by atoms with Gasteiger partial charge in [-0.1, -0.05) is 0 Å². The van der Waals surface area contributed by atoms with Crippen molar-refractivity contribution in [2.45, 2.75) is 52.7 Å². The molecule has 0 aromatic heterocycles. The molecule has 126 valence electrons. The molecule has 0 rings (SSSR count). The van der Waals surface area contributed by atoms with Gasteiger partial charge in [-0.2, -0.15) is 16.8 Å². The summed E-state index contributed by atoms with van der Waals surface area (Å²) < 4.78 is 63.2. The Balaban J connectivity index is -0.000000244. The van der Waals surface area contributed by atoms with Gasteiger partial charge in [0.1, 0.15) is 0 Å². The van der Waals surface area contributed by atoms with E-state index in [2.05, 4.69) is 0 Å². The van der Waals surface area contributed by atoms with E-state index in [1.165, 1.54) is 0 Å². The number of hydrogen-bond donors (Lipinski definition) is 4. The molecule has 20 heavy (non-hydrogen) atoms. The minimum Gasteiger partial charge on any atom is -0.264 e. The third-order valence-electron chi connectivity index (χ3n) is 0.542. The van der Waals surface area contributed by atoms with E-state index in [9.17, 15) is 0 Å². The fraction of sp³-hybridized carbons (Fsp3) is 1.00. The molecule has 4 N–H and O–H groups in total. The summed E-state index contributed by atoms with van der Waals surface area (Å²) in [6.07, 6.45) is 0. The Morgan fingerprint density at radius 2 is 0.700 bits per heavy atom. The summed E-state index contributed by atoms with van der Waals surface area (Å²) in [6.45, 7) is 11.7.